The van der Waals surface area contributed by atoms with Crippen molar-refractivity contribution in [1.82, 2.24) is 10.6 Å². The standard InChI is InChI=1S/C43H36N2O2S/c46-40-38(31-48-43(35-25-13-4-14-26-35,36-27-15-5-16-28-36)37-29-17-6-18-30-37)44-41(47)39(45-40)42(32-19-7-1-8-20-32,33-21-9-2-10-22-33)34-23-11-3-12-24-34/h1-30,38-39H,31H2,(H,44,47)(H,45,46)/t38-,39?/m0/s1. The lowest BCUT2D eigenvalue weighted by molar-refractivity contribution is -0.137. The van der Waals surface area contributed by atoms with E-state index in [1.807, 2.05) is 146 Å². The Morgan fingerprint density at radius 1 is 0.417 bits per heavy atom. The van der Waals surface area contributed by atoms with E-state index in [0.29, 0.717) is 5.75 Å². The number of amides is 2. The smallest absolute Gasteiger partial charge is 0.244 e. The molecule has 48 heavy (non-hydrogen) atoms. The zero-order chi connectivity index (χ0) is 32.8. The summed E-state index contributed by atoms with van der Waals surface area (Å²) in [5.74, 6) is -0.0679. The molecule has 2 amide bonds. The lowest BCUT2D eigenvalue weighted by atomic mass is 9.64. The van der Waals surface area contributed by atoms with Gasteiger partial charge in [-0.15, -0.1) is 11.8 Å². The molecule has 1 fully saturated rings. The highest BCUT2D eigenvalue weighted by molar-refractivity contribution is 8.00. The molecule has 0 saturated carbocycles. The summed E-state index contributed by atoms with van der Waals surface area (Å²) in [4.78, 5) is 28.8. The minimum atomic E-state index is -0.969. The van der Waals surface area contributed by atoms with Gasteiger partial charge in [-0.1, -0.05) is 182 Å². The molecule has 1 saturated heterocycles. The van der Waals surface area contributed by atoms with E-state index in [2.05, 4.69) is 47.0 Å². The van der Waals surface area contributed by atoms with Crippen molar-refractivity contribution < 1.29 is 9.59 Å². The van der Waals surface area contributed by atoms with Crippen molar-refractivity contribution in [2.75, 3.05) is 5.75 Å². The van der Waals surface area contributed by atoms with Crippen LogP contribution in [0.4, 0.5) is 0 Å². The van der Waals surface area contributed by atoms with Crippen molar-refractivity contribution in [2.45, 2.75) is 22.2 Å². The summed E-state index contributed by atoms with van der Waals surface area (Å²) >= 11 is 1.66. The second kappa shape index (κ2) is 13.8. The van der Waals surface area contributed by atoms with Gasteiger partial charge in [0.25, 0.3) is 0 Å². The second-order valence-electron chi connectivity index (χ2n) is 12.0. The van der Waals surface area contributed by atoms with E-state index in [0.717, 1.165) is 33.4 Å². The third-order valence-electron chi connectivity index (χ3n) is 9.31. The van der Waals surface area contributed by atoms with E-state index < -0.39 is 22.2 Å². The van der Waals surface area contributed by atoms with Crippen LogP contribution in [0.2, 0.25) is 0 Å². The summed E-state index contributed by atoms with van der Waals surface area (Å²) < 4.78 is -0.618. The maximum Gasteiger partial charge on any atom is 0.244 e. The maximum absolute atomic E-state index is 14.5. The van der Waals surface area contributed by atoms with Crippen molar-refractivity contribution in [3.05, 3.63) is 215 Å². The molecule has 0 bridgehead atoms. The summed E-state index contributed by atoms with van der Waals surface area (Å²) in [6.45, 7) is 0. The highest BCUT2D eigenvalue weighted by Crippen LogP contribution is 2.49. The first-order valence-electron chi connectivity index (χ1n) is 16.2. The van der Waals surface area contributed by atoms with E-state index in [-0.39, 0.29) is 11.8 Å². The number of piperazine rings is 1. The summed E-state index contributed by atoms with van der Waals surface area (Å²) in [6.07, 6.45) is 0. The fourth-order valence-electron chi connectivity index (χ4n) is 7.13. The first kappa shape index (κ1) is 31.2. The molecule has 0 aromatic heterocycles. The Hall–Kier alpha value is -5.39. The van der Waals surface area contributed by atoms with Gasteiger partial charge in [-0.2, -0.15) is 0 Å². The van der Waals surface area contributed by atoms with Gasteiger partial charge in [0.2, 0.25) is 11.8 Å². The molecule has 7 rings (SSSR count). The zero-order valence-corrected chi connectivity index (χ0v) is 27.2. The summed E-state index contributed by atoms with van der Waals surface area (Å²) in [6, 6.07) is 59.5. The SMILES string of the molecule is O=C1N[C@@H](CSC(c2ccccc2)(c2ccccc2)c2ccccc2)C(=O)NC1C(c1ccccc1)(c1ccccc1)c1ccccc1. The van der Waals surface area contributed by atoms with E-state index in [1.54, 1.807) is 11.8 Å². The predicted molar refractivity (Wildman–Crippen MR) is 195 cm³/mol. The molecule has 0 aliphatic carbocycles. The lowest BCUT2D eigenvalue weighted by Gasteiger charge is -2.45. The molecule has 0 radical (unpaired) electrons. The first-order valence-corrected chi connectivity index (χ1v) is 17.2. The highest BCUT2D eigenvalue weighted by atomic mass is 32.2. The van der Waals surface area contributed by atoms with E-state index in [9.17, 15) is 9.59 Å². The van der Waals surface area contributed by atoms with Crippen molar-refractivity contribution in [1.29, 1.82) is 0 Å². The average molecular weight is 645 g/mol. The minimum absolute atomic E-state index is 0.206. The molecule has 1 aliphatic heterocycles. The van der Waals surface area contributed by atoms with Crippen LogP contribution in [0.3, 0.4) is 0 Å². The lowest BCUT2D eigenvalue weighted by Crippen LogP contribution is -2.69. The van der Waals surface area contributed by atoms with E-state index >= 15 is 0 Å². The zero-order valence-electron chi connectivity index (χ0n) is 26.4. The molecule has 6 aromatic rings. The number of benzene rings is 6. The largest absolute Gasteiger partial charge is 0.342 e. The molecule has 6 aromatic carbocycles. The second-order valence-corrected chi connectivity index (χ2v) is 13.2. The fourth-order valence-corrected chi connectivity index (χ4v) is 8.69. The molecule has 1 unspecified atom stereocenters. The third kappa shape index (κ3) is 5.61. The molecule has 2 N–H and O–H groups in total. The monoisotopic (exact) mass is 644 g/mol. The molecule has 0 spiro atoms. The minimum Gasteiger partial charge on any atom is -0.342 e. The molecule has 1 heterocycles. The molecular weight excluding hydrogens is 609 g/mol. The van der Waals surface area contributed by atoms with Gasteiger partial charge < -0.3 is 10.6 Å². The van der Waals surface area contributed by atoms with Gasteiger partial charge in [0, 0.05) is 5.75 Å². The number of rotatable bonds is 10. The van der Waals surface area contributed by atoms with Gasteiger partial charge in [0.15, 0.2) is 0 Å². The summed E-state index contributed by atoms with van der Waals surface area (Å²) in [5, 5.41) is 6.43. The van der Waals surface area contributed by atoms with E-state index in [1.165, 1.54) is 0 Å². The Balaban J connectivity index is 1.28. The van der Waals surface area contributed by atoms with Crippen LogP contribution in [0, 0.1) is 0 Å². The Bertz CT molecular complexity index is 1760. The number of hydrogen-bond donors (Lipinski definition) is 2. The van der Waals surface area contributed by atoms with Crippen LogP contribution in [0.25, 0.3) is 0 Å². The Labute approximate surface area is 286 Å². The van der Waals surface area contributed by atoms with Gasteiger partial charge in [0.05, 0.1) is 10.2 Å². The van der Waals surface area contributed by atoms with Crippen LogP contribution in [0.15, 0.2) is 182 Å². The number of carbonyl (C=O) groups is 2. The van der Waals surface area contributed by atoms with Gasteiger partial charge in [0.1, 0.15) is 12.1 Å². The van der Waals surface area contributed by atoms with Crippen molar-refractivity contribution >= 4 is 23.6 Å². The van der Waals surface area contributed by atoms with E-state index in [4.69, 9.17) is 0 Å². The molecule has 5 heteroatoms. The van der Waals surface area contributed by atoms with Gasteiger partial charge in [-0.05, 0) is 33.4 Å². The Morgan fingerprint density at radius 2 is 0.729 bits per heavy atom. The average Bonchev–Trinajstić information content (AvgIpc) is 3.16. The molecule has 1 aliphatic rings. The maximum atomic E-state index is 14.5. The van der Waals surface area contributed by atoms with Crippen LogP contribution in [0.5, 0.6) is 0 Å². The molecule has 4 nitrogen and oxygen atoms in total. The topological polar surface area (TPSA) is 58.2 Å². The Morgan fingerprint density at radius 3 is 1.06 bits per heavy atom. The van der Waals surface area contributed by atoms with Crippen LogP contribution >= 0.6 is 11.8 Å². The van der Waals surface area contributed by atoms with Crippen LogP contribution in [-0.4, -0.2) is 29.7 Å². The predicted octanol–water partition coefficient (Wildman–Crippen LogP) is 7.73. The third-order valence-corrected chi connectivity index (χ3v) is 10.9. The summed E-state index contributed by atoms with van der Waals surface area (Å²) in [5.41, 5.74) is 5.10. The van der Waals surface area contributed by atoms with Crippen LogP contribution < -0.4 is 10.6 Å². The number of nitrogens with one attached hydrogen (secondary N) is 2. The van der Waals surface area contributed by atoms with Gasteiger partial charge >= 0.3 is 0 Å². The first-order chi connectivity index (χ1) is 23.6. The molecule has 2 atom stereocenters. The van der Waals surface area contributed by atoms with Gasteiger partial charge in [-0.25, -0.2) is 0 Å². The Kier molecular flexibility index (Phi) is 8.95. The van der Waals surface area contributed by atoms with Crippen molar-refractivity contribution in [3.63, 3.8) is 0 Å². The summed E-state index contributed by atoms with van der Waals surface area (Å²) in [7, 11) is 0. The number of thioether (sulfide) groups is 1. The molecular formula is C43H36N2O2S. The van der Waals surface area contributed by atoms with Gasteiger partial charge in [-0.3, -0.25) is 9.59 Å². The van der Waals surface area contributed by atoms with Crippen LogP contribution in [-0.2, 0) is 19.8 Å². The highest BCUT2D eigenvalue weighted by Gasteiger charge is 2.51. The quantitative estimate of drug-likeness (QED) is 0.150. The normalized spacial score (nSPS) is 16.5. The van der Waals surface area contributed by atoms with Crippen molar-refractivity contribution in [3.8, 4) is 0 Å². The van der Waals surface area contributed by atoms with Crippen LogP contribution in [0.1, 0.15) is 33.4 Å². The molecule has 236 valence electrons. The number of hydrogen-bond acceptors (Lipinski definition) is 3. The van der Waals surface area contributed by atoms with Crippen molar-refractivity contribution in [2.24, 2.45) is 0 Å². The number of carbonyl (C=O) groups excluding carboxylic acids is 2. The fraction of sp³-hybridized carbons (Fsp3) is 0.116.